The molecular formula is C15H23NO4S. The van der Waals surface area contributed by atoms with Gasteiger partial charge < -0.3 is 15.2 Å². The lowest BCUT2D eigenvalue weighted by Gasteiger charge is -2.24. The van der Waals surface area contributed by atoms with E-state index in [1.54, 1.807) is 0 Å². The Morgan fingerprint density at radius 3 is 2.67 bits per heavy atom. The Labute approximate surface area is 126 Å². The van der Waals surface area contributed by atoms with Crippen molar-refractivity contribution < 1.29 is 17.9 Å². The Hall–Kier alpha value is -1.11. The second-order valence-corrected chi connectivity index (χ2v) is 7.54. The molecule has 1 atom stereocenters. The van der Waals surface area contributed by atoms with E-state index in [1.807, 2.05) is 31.2 Å². The number of nitrogens with two attached hydrogens (primary N) is 1. The van der Waals surface area contributed by atoms with Gasteiger partial charge in [0.25, 0.3) is 0 Å². The first kappa shape index (κ1) is 16.3. The number of benzene rings is 1. The molecule has 1 heterocycles. The highest BCUT2D eigenvalue weighted by molar-refractivity contribution is 7.92. The van der Waals surface area contributed by atoms with Crippen molar-refractivity contribution in [1.82, 2.24) is 0 Å². The number of ether oxygens (including phenoxy) is 2. The zero-order valence-corrected chi connectivity index (χ0v) is 13.1. The average Bonchev–Trinajstić information content (AvgIpc) is 2.48. The smallest absolute Gasteiger partial charge is 0.155 e. The predicted octanol–water partition coefficient (Wildman–Crippen LogP) is 1.68. The molecule has 0 spiro atoms. The fraction of sp³-hybridized carbons (Fsp3) is 0.600. The zero-order chi connectivity index (χ0) is 15.3. The van der Waals surface area contributed by atoms with Crippen LogP contribution in [0.3, 0.4) is 0 Å². The van der Waals surface area contributed by atoms with Crippen LogP contribution in [-0.4, -0.2) is 39.2 Å². The van der Waals surface area contributed by atoms with Crippen molar-refractivity contribution in [2.45, 2.75) is 31.1 Å². The summed E-state index contributed by atoms with van der Waals surface area (Å²) in [6.07, 6.45) is 1.12. The maximum atomic E-state index is 12.5. The monoisotopic (exact) mass is 313 g/mol. The zero-order valence-electron chi connectivity index (χ0n) is 12.3. The Kier molecular flexibility index (Phi) is 5.61. The van der Waals surface area contributed by atoms with Gasteiger partial charge in [0.05, 0.1) is 17.6 Å². The number of para-hydroxylation sites is 1. The van der Waals surface area contributed by atoms with E-state index >= 15 is 0 Å². The molecule has 118 valence electrons. The molecule has 1 unspecified atom stereocenters. The van der Waals surface area contributed by atoms with E-state index < -0.39 is 15.9 Å². The third kappa shape index (κ3) is 4.18. The molecule has 1 aliphatic rings. The summed E-state index contributed by atoms with van der Waals surface area (Å²) < 4.78 is 35.7. The number of hydrogen-bond donors (Lipinski definition) is 1. The van der Waals surface area contributed by atoms with E-state index in [0.29, 0.717) is 38.4 Å². The van der Waals surface area contributed by atoms with Crippen molar-refractivity contribution in [2.24, 2.45) is 5.73 Å². The molecule has 0 amide bonds. The van der Waals surface area contributed by atoms with Crippen molar-refractivity contribution in [3.63, 3.8) is 0 Å². The first-order chi connectivity index (χ1) is 10.0. The molecule has 1 aromatic rings. The minimum absolute atomic E-state index is 0.0538. The molecular weight excluding hydrogens is 290 g/mol. The maximum absolute atomic E-state index is 12.5. The molecule has 0 saturated carbocycles. The summed E-state index contributed by atoms with van der Waals surface area (Å²) in [5, 5.41) is -0.337. The van der Waals surface area contributed by atoms with Crippen molar-refractivity contribution in [3.05, 3.63) is 29.8 Å². The Morgan fingerprint density at radius 2 is 2.00 bits per heavy atom. The van der Waals surface area contributed by atoms with Crippen molar-refractivity contribution >= 4 is 9.84 Å². The lowest BCUT2D eigenvalue weighted by atomic mass is 10.1. The molecule has 0 radical (unpaired) electrons. The molecule has 2 rings (SSSR count). The Bertz CT molecular complexity index is 553. The summed E-state index contributed by atoms with van der Waals surface area (Å²) in [4.78, 5) is 0. The number of hydrogen-bond acceptors (Lipinski definition) is 5. The van der Waals surface area contributed by atoms with Gasteiger partial charge in [0.2, 0.25) is 0 Å². The van der Waals surface area contributed by atoms with Gasteiger partial charge in [-0.3, -0.25) is 0 Å². The molecule has 1 aromatic carbocycles. The van der Waals surface area contributed by atoms with Crippen molar-refractivity contribution in [1.29, 1.82) is 0 Å². The van der Waals surface area contributed by atoms with Gasteiger partial charge in [-0.25, -0.2) is 8.42 Å². The van der Waals surface area contributed by atoms with Crippen LogP contribution in [0.4, 0.5) is 0 Å². The minimum atomic E-state index is -3.22. The average molecular weight is 313 g/mol. The minimum Gasteiger partial charge on any atom is -0.494 e. The molecule has 6 heteroatoms. The van der Waals surface area contributed by atoms with Gasteiger partial charge in [-0.05, 0) is 25.8 Å². The van der Waals surface area contributed by atoms with Crippen LogP contribution in [0.15, 0.2) is 24.3 Å². The fourth-order valence-corrected chi connectivity index (χ4v) is 4.45. The number of sulfone groups is 1. The van der Waals surface area contributed by atoms with E-state index in [-0.39, 0.29) is 11.0 Å². The highest BCUT2D eigenvalue weighted by Crippen LogP contribution is 2.27. The van der Waals surface area contributed by atoms with Gasteiger partial charge in [-0.2, -0.15) is 0 Å². The van der Waals surface area contributed by atoms with Crippen LogP contribution >= 0.6 is 0 Å². The third-order valence-electron chi connectivity index (χ3n) is 3.71. The molecule has 1 aliphatic heterocycles. The van der Waals surface area contributed by atoms with Gasteiger partial charge in [0.15, 0.2) is 9.84 Å². The van der Waals surface area contributed by atoms with Crippen LogP contribution in [0.1, 0.15) is 31.4 Å². The van der Waals surface area contributed by atoms with E-state index in [2.05, 4.69) is 0 Å². The SMILES string of the molecule is CCOc1ccccc1C(N)CS(=O)(=O)C1CCOCC1. The summed E-state index contributed by atoms with van der Waals surface area (Å²) in [6, 6.07) is 6.78. The molecule has 21 heavy (non-hydrogen) atoms. The van der Waals surface area contributed by atoms with Crippen LogP contribution in [-0.2, 0) is 14.6 Å². The number of rotatable bonds is 6. The van der Waals surface area contributed by atoms with E-state index in [1.165, 1.54) is 0 Å². The summed E-state index contributed by atoms with van der Waals surface area (Å²) in [6.45, 7) is 3.43. The normalized spacial score (nSPS) is 18.4. The molecule has 1 saturated heterocycles. The predicted molar refractivity (Wildman–Crippen MR) is 82.2 cm³/mol. The summed E-state index contributed by atoms with van der Waals surface area (Å²) in [5.74, 6) is 0.608. The van der Waals surface area contributed by atoms with Crippen LogP contribution in [0, 0.1) is 0 Å². The van der Waals surface area contributed by atoms with Crippen molar-refractivity contribution in [2.75, 3.05) is 25.6 Å². The topological polar surface area (TPSA) is 78.6 Å². The first-order valence-corrected chi connectivity index (χ1v) is 9.02. The quantitative estimate of drug-likeness (QED) is 0.864. The lowest BCUT2D eigenvalue weighted by molar-refractivity contribution is 0.0983. The van der Waals surface area contributed by atoms with Gasteiger partial charge in [-0.1, -0.05) is 18.2 Å². The molecule has 0 bridgehead atoms. The summed E-state index contributed by atoms with van der Waals surface area (Å²) in [7, 11) is -3.22. The maximum Gasteiger partial charge on any atom is 0.155 e. The van der Waals surface area contributed by atoms with E-state index in [9.17, 15) is 8.42 Å². The molecule has 2 N–H and O–H groups in total. The van der Waals surface area contributed by atoms with Gasteiger partial charge in [-0.15, -0.1) is 0 Å². The van der Waals surface area contributed by atoms with Crippen molar-refractivity contribution in [3.8, 4) is 5.75 Å². The summed E-state index contributed by atoms with van der Waals surface area (Å²) >= 11 is 0. The largest absolute Gasteiger partial charge is 0.494 e. The van der Waals surface area contributed by atoms with E-state index in [4.69, 9.17) is 15.2 Å². The molecule has 0 aromatic heterocycles. The van der Waals surface area contributed by atoms with Crippen LogP contribution in [0.25, 0.3) is 0 Å². The summed E-state index contributed by atoms with van der Waals surface area (Å²) in [5.41, 5.74) is 6.87. The van der Waals surface area contributed by atoms with Gasteiger partial charge in [0, 0.05) is 24.8 Å². The molecule has 1 fully saturated rings. The lowest BCUT2D eigenvalue weighted by Crippen LogP contribution is -2.34. The molecule has 5 nitrogen and oxygen atoms in total. The highest BCUT2D eigenvalue weighted by Gasteiger charge is 2.30. The van der Waals surface area contributed by atoms with Gasteiger partial charge in [0.1, 0.15) is 5.75 Å². The Balaban J connectivity index is 2.11. The van der Waals surface area contributed by atoms with Crippen LogP contribution in [0.5, 0.6) is 5.75 Å². The fourth-order valence-electron chi connectivity index (χ4n) is 2.59. The molecule has 0 aliphatic carbocycles. The standard InChI is InChI=1S/C15H23NO4S/c1-2-20-15-6-4-3-5-13(15)14(16)11-21(17,18)12-7-9-19-10-8-12/h3-6,12,14H,2,7-11,16H2,1H3. The van der Waals surface area contributed by atoms with Crippen LogP contribution in [0.2, 0.25) is 0 Å². The van der Waals surface area contributed by atoms with Crippen LogP contribution < -0.4 is 10.5 Å². The second-order valence-electron chi connectivity index (χ2n) is 5.22. The second kappa shape index (κ2) is 7.24. The van der Waals surface area contributed by atoms with Gasteiger partial charge >= 0.3 is 0 Å². The van der Waals surface area contributed by atoms with E-state index in [0.717, 1.165) is 5.56 Å². The highest BCUT2D eigenvalue weighted by atomic mass is 32.2. The Morgan fingerprint density at radius 1 is 1.33 bits per heavy atom. The third-order valence-corrected chi connectivity index (χ3v) is 6.02. The first-order valence-electron chi connectivity index (χ1n) is 7.31.